The van der Waals surface area contributed by atoms with Crippen molar-refractivity contribution in [2.75, 3.05) is 0 Å². The summed E-state index contributed by atoms with van der Waals surface area (Å²) in [5.74, 6) is 1.94. The molecule has 11 heavy (non-hydrogen) atoms. The van der Waals surface area contributed by atoms with E-state index in [4.69, 9.17) is 0 Å². The van der Waals surface area contributed by atoms with Crippen LogP contribution in [0.25, 0.3) is 0 Å². The lowest BCUT2D eigenvalue weighted by Gasteiger charge is -2.16. The van der Waals surface area contributed by atoms with Gasteiger partial charge in [0.25, 0.3) is 0 Å². The highest BCUT2D eigenvalue weighted by atomic mass is 14.3. The summed E-state index contributed by atoms with van der Waals surface area (Å²) in [4.78, 5) is 0. The average Bonchev–Trinajstić information content (AvgIpc) is 2.67. The minimum absolute atomic E-state index is 0.916. The molecule has 0 heteroatoms. The van der Waals surface area contributed by atoms with E-state index in [1.807, 2.05) is 0 Å². The predicted octanol–water partition coefficient (Wildman–Crippen LogP) is 3.30. The molecular weight excluding hydrogens is 132 g/mol. The van der Waals surface area contributed by atoms with Crippen LogP contribution in [0, 0.1) is 11.8 Å². The van der Waals surface area contributed by atoms with Gasteiger partial charge in [-0.1, -0.05) is 32.6 Å². The molecule has 0 saturated heterocycles. The molecule has 2 aliphatic rings. The summed E-state index contributed by atoms with van der Waals surface area (Å²) in [6.07, 6.45) is 9.34. The summed E-state index contributed by atoms with van der Waals surface area (Å²) < 4.78 is 0. The van der Waals surface area contributed by atoms with Crippen LogP contribution in [0.1, 0.15) is 39.0 Å². The van der Waals surface area contributed by atoms with E-state index in [2.05, 4.69) is 18.7 Å². The molecule has 2 aliphatic carbocycles. The summed E-state index contributed by atoms with van der Waals surface area (Å²) in [6.45, 7) is 2.40. The van der Waals surface area contributed by atoms with Crippen LogP contribution in [-0.4, -0.2) is 0 Å². The fourth-order valence-electron chi connectivity index (χ4n) is 2.21. The Kier molecular flexibility index (Phi) is 1.87. The summed E-state index contributed by atoms with van der Waals surface area (Å²) in [5, 5.41) is 0. The Balaban J connectivity index is 1.78. The van der Waals surface area contributed by atoms with Crippen LogP contribution in [0.3, 0.4) is 0 Å². The molecule has 1 unspecified atom stereocenters. The normalized spacial score (nSPS) is 25.4. The molecular formula is C11H16. The van der Waals surface area contributed by atoms with Gasteiger partial charge >= 0.3 is 0 Å². The number of allylic oxidation sites excluding steroid dienone is 1. The Morgan fingerprint density at radius 1 is 1.55 bits per heavy atom. The van der Waals surface area contributed by atoms with Crippen molar-refractivity contribution in [3.63, 3.8) is 0 Å². The van der Waals surface area contributed by atoms with Gasteiger partial charge in [0.05, 0.1) is 0 Å². The summed E-state index contributed by atoms with van der Waals surface area (Å²) >= 11 is 0. The molecule has 1 fully saturated rings. The van der Waals surface area contributed by atoms with Gasteiger partial charge in [-0.3, -0.25) is 0 Å². The van der Waals surface area contributed by atoms with Gasteiger partial charge in [-0.05, 0) is 24.3 Å². The Labute approximate surface area is 69.0 Å². The molecule has 0 amide bonds. The summed E-state index contributed by atoms with van der Waals surface area (Å²) in [7, 11) is 0. The molecule has 0 nitrogen and oxygen atoms in total. The second-order valence-corrected chi connectivity index (χ2v) is 4.04. The summed E-state index contributed by atoms with van der Waals surface area (Å²) in [5.41, 5.74) is 4.66. The average molecular weight is 148 g/mol. The molecule has 0 aromatic heterocycles. The summed E-state index contributed by atoms with van der Waals surface area (Å²) in [6, 6.07) is 0. The predicted molar refractivity (Wildman–Crippen MR) is 47.3 cm³/mol. The smallest absolute Gasteiger partial charge is 0.00199 e. The molecule has 0 radical (unpaired) electrons. The first-order chi connectivity index (χ1) is 5.36. The van der Waals surface area contributed by atoms with E-state index in [1.165, 1.54) is 37.7 Å². The van der Waals surface area contributed by atoms with E-state index in [-0.39, 0.29) is 0 Å². The zero-order valence-corrected chi connectivity index (χ0v) is 7.27. The highest BCUT2D eigenvalue weighted by Crippen LogP contribution is 2.35. The molecule has 0 bridgehead atoms. The van der Waals surface area contributed by atoms with Crippen LogP contribution in [-0.2, 0) is 0 Å². The molecule has 0 aromatic rings. The first-order valence-electron chi connectivity index (χ1n) is 4.82. The minimum atomic E-state index is 0.916. The third-order valence-corrected chi connectivity index (χ3v) is 3.09. The van der Waals surface area contributed by atoms with Gasteiger partial charge in [-0.15, -0.1) is 5.73 Å². The Morgan fingerprint density at radius 2 is 2.18 bits per heavy atom. The first kappa shape index (κ1) is 7.18. The van der Waals surface area contributed by atoms with Crippen molar-refractivity contribution in [3.05, 3.63) is 17.4 Å². The molecule has 0 aromatic carbocycles. The fraction of sp³-hybridized carbons (Fsp3) is 0.727. The van der Waals surface area contributed by atoms with Crippen molar-refractivity contribution < 1.29 is 0 Å². The topological polar surface area (TPSA) is 0 Å². The molecule has 60 valence electrons. The third kappa shape index (κ3) is 1.75. The molecule has 0 aliphatic heterocycles. The van der Waals surface area contributed by atoms with Crippen molar-refractivity contribution in [3.8, 4) is 0 Å². The van der Waals surface area contributed by atoms with Crippen LogP contribution in [0.15, 0.2) is 17.4 Å². The van der Waals surface area contributed by atoms with Crippen molar-refractivity contribution in [2.24, 2.45) is 11.8 Å². The van der Waals surface area contributed by atoms with Gasteiger partial charge < -0.3 is 0 Å². The highest BCUT2D eigenvalue weighted by molar-refractivity contribution is 5.31. The van der Waals surface area contributed by atoms with Crippen LogP contribution >= 0.6 is 0 Å². The number of hydrogen-bond acceptors (Lipinski definition) is 0. The van der Waals surface area contributed by atoms with Gasteiger partial charge in [0.1, 0.15) is 0 Å². The SMILES string of the molecule is CC(CC1=C=C1)C1CCCC1. The second-order valence-electron chi connectivity index (χ2n) is 4.04. The van der Waals surface area contributed by atoms with Gasteiger partial charge in [0, 0.05) is 5.57 Å². The van der Waals surface area contributed by atoms with E-state index in [9.17, 15) is 0 Å². The lowest BCUT2D eigenvalue weighted by Crippen LogP contribution is -2.06. The Hall–Kier alpha value is -0.480. The van der Waals surface area contributed by atoms with Gasteiger partial charge in [0.2, 0.25) is 0 Å². The first-order valence-corrected chi connectivity index (χ1v) is 4.82. The van der Waals surface area contributed by atoms with E-state index >= 15 is 0 Å². The van der Waals surface area contributed by atoms with E-state index in [0.717, 1.165) is 11.8 Å². The lowest BCUT2D eigenvalue weighted by molar-refractivity contribution is 0.367. The van der Waals surface area contributed by atoms with Crippen LogP contribution < -0.4 is 0 Å². The van der Waals surface area contributed by atoms with Crippen molar-refractivity contribution >= 4 is 0 Å². The monoisotopic (exact) mass is 148 g/mol. The number of rotatable bonds is 3. The van der Waals surface area contributed by atoms with Crippen LogP contribution in [0.4, 0.5) is 0 Å². The van der Waals surface area contributed by atoms with Gasteiger partial charge in [-0.2, -0.15) is 0 Å². The van der Waals surface area contributed by atoms with Gasteiger partial charge in [0.15, 0.2) is 0 Å². The van der Waals surface area contributed by atoms with Crippen molar-refractivity contribution in [1.82, 2.24) is 0 Å². The lowest BCUT2D eigenvalue weighted by atomic mass is 9.89. The molecule has 1 atom stereocenters. The Bertz CT molecular complexity index is 200. The molecule has 0 N–H and O–H groups in total. The van der Waals surface area contributed by atoms with Crippen LogP contribution in [0.5, 0.6) is 0 Å². The number of hydrogen-bond donors (Lipinski definition) is 0. The van der Waals surface area contributed by atoms with Crippen LogP contribution in [0.2, 0.25) is 0 Å². The van der Waals surface area contributed by atoms with E-state index in [1.54, 1.807) is 0 Å². The second kappa shape index (κ2) is 2.87. The standard InChI is InChI=1S/C11H16/c1-9(8-10-6-7-10)11-4-2-3-5-11/h6,9,11H,2-5,8H2,1H3. The maximum atomic E-state index is 3.18. The fourth-order valence-corrected chi connectivity index (χ4v) is 2.21. The zero-order valence-electron chi connectivity index (χ0n) is 7.27. The molecule has 0 spiro atoms. The maximum Gasteiger partial charge on any atom is 0.00199 e. The zero-order chi connectivity index (χ0) is 7.68. The third-order valence-electron chi connectivity index (χ3n) is 3.09. The molecule has 2 rings (SSSR count). The molecule has 0 heterocycles. The molecule has 1 saturated carbocycles. The largest absolute Gasteiger partial charge is 0.116 e. The van der Waals surface area contributed by atoms with E-state index in [0.29, 0.717) is 0 Å². The van der Waals surface area contributed by atoms with Crippen molar-refractivity contribution in [1.29, 1.82) is 0 Å². The quantitative estimate of drug-likeness (QED) is 0.539. The van der Waals surface area contributed by atoms with Crippen molar-refractivity contribution in [2.45, 2.75) is 39.0 Å². The Morgan fingerprint density at radius 3 is 2.73 bits per heavy atom. The highest BCUT2D eigenvalue weighted by Gasteiger charge is 2.22. The minimum Gasteiger partial charge on any atom is -0.116 e. The maximum absolute atomic E-state index is 3.18. The van der Waals surface area contributed by atoms with E-state index < -0.39 is 0 Å². The van der Waals surface area contributed by atoms with Gasteiger partial charge in [-0.25, -0.2) is 0 Å².